The Morgan fingerprint density at radius 3 is 2.83 bits per heavy atom. The Hall–Kier alpha value is -1.06. The number of piperazine rings is 1. The molecule has 100 valence electrons. The molecule has 1 amide bonds. The Kier molecular flexibility index (Phi) is 5.63. The highest BCUT2D eigenvalue weighted by atomic mass is 35.5. The molecule has 1 atom stereocenters. The highest BCUT2D eigenvalue weighted by Crippen LogP contribution is 2.10. The van der Waals surface area contributed by atoms with Crippen molar-refractivity contribution in [2.75, 3.05) is 19.6 Å². The molecule has 3 nitrogen and oxygen atoms in total. The zero-order valence-electron chi connectivity index (χ0n) is 11.0. The fraction of sp³-hybridized carbons (Fsp3) is 0.500. The van der Waals surface area contributed by atoms with Crippen LogP contribution >= 0.6 is 12.4 Å². The summed E-state index contributed by atoms with van der Waals surface area (Å²) in [7, 11) is 0. The summed E-state index contributed by atoms with van der Waals surface area (Å²) < 4.78 is 0. The molecule has 2 rings (SSSR count). The van der Waals surface area contributed by atoms with Gasteiger partial charge in [0, 0.05) is 25.7 Å². The van der Waals surface area contributed by atoms with E-state index < -0.39 is 0 Å². The van der Waals surface area contributed by atoms with Crippen molar-refractivity contribution in [3.63, 3.8) is 0 Å². The van der Waals surface area contributed by atoms with Crippen LogP contribution < -0.4 is 5.32 Å². The normalized spacial score (nSPS) is 19.2. The van der Waals surface area contributed by atoms with Gasteiger partial charge < -0.3 is 10.2 Å². The van der Waals surface area contributed by atoms with Crippen molar-refractivity contribution in [3.05, 3.63) is 35.4 Å². The molecule has 0 bridgehead atoms. The topological polar surface area (TPSA) is 32.3 Å². The summed E-state index contributed by atoms with van der Waals surface area (Å²) in [5.74, 6) is 0.243. The molecule has 4 heteroatoms. The first-order valence-corrected chi connectivity index (χ1v) is 6.22. The van der Waals surface area contributed by atoms with Gasteiger partial charge in [0.25, 0.3) is 0 Å². The first-order valence-electron chi connectivity index (χ1n) is 6.22. The van der Waals surface area contributed by atoms with E-state index in [0.717, 1.165) is 25.2 Å². The van der Waals surface area contributed by atoms with E-state index in [1.165, 1.54) is 5.56 Å². The molecular weight excluding hydrogens is 248 g/mol. The lowest BCUT2D eigenvalue weighted by molar-refractivity contribution is -0.131. The van der Waals surface area contributed by atoms with Crippen molar-refractivity contribution in [2.45, 2.75) is 26.3 Å². The zero-order valence-corrected chi connectivity index (χ0v) is 11.8. The van der Waals surface area contributed by atoms with E-state index in [9.17, 15) is 4.79 Å². The summed E-state index contributed by atoms with van der Waals surface area (Å²) in [6.45, 7) is 6.73. The second kappa shape index (κ2) is 6.76. The van der Waals surface area contributed by atoms with Gasteiger partial charge in [0.2, 0.25) is 5.91 Å². The number of carbonyl (C=O) groups excluding carboxylic acids is 1. The first kappa shape index (κ1) is 15.0. The summed E-state index contributed by atoms with van der Waals surface area (Å²) in [6, 6.07) is 8.51. The van der Waals surface area contributed by atoms with Gasteiger partial charge in [-0.1, -0.05) is 24.3 Å². The highest BCUT2D eigenvalue weighted by Gasteiger charge is 2.20. The van der Waals surface area contributed by atoms with Crippen LogP contribution in [0.15, 0.2) is 24.3 Å². The van der Waals surface area contributed by atoms with E-state index in [1.54, 1.807) is 0 Å². The van der Waals surface area contributed by atoms with Crippen molar-refractivity contribution in [3.8, 4) is 0 Å². The van der Waals surface area contributed by atoms with Crippen LogP contribution in [0.1, 0.15) is 18.1 Å². The zero-order chi connectivity index (χ0) is 12.3. The SMILES string of the molecule is Cc1ccccc1CC(=O)N1CCN[C@H](C)C1.Cl. The maximum Gasteiger partial charge on any atom is 0.227 e. The second-order valence-electron chi connectivity index (χ2n) is 4.80. The van der Waals surface area contributed by atoms with E-state index >= 15 is 0 Å². The fourth-order valence-corrected chi connectivity index (χ4v) is 2.24. The van der Waals surface area contributed by atoms with Gasteiger partial charge in [-0.05, 0) is 25.0 Å². The molecule has 1 aliphatic rings. The maximum absolute atomic E-state index is 12.2. The van der Waals surface area contributed by atoms with Crippen LogP contribution in [0.5, 0.6) is 0 Å². The van der Waals surface area contributed by atoms with E-state index in [2.05, 4.69) is 25.2 Å². The standard InChI is InChI=1S/C14H20N2O.ClH/c1-11-5-3-4-6-13(11)9-14(17)16-8-7-15-12(2)10-16;/h3-6,12,15H,7-10H2,1-2H3;1H/t12-;/m1./s1. The van der Waals surface area contributed by atoms with Crippen LogP contribution in [0.25, 0.3) is 0 Å². The monoisotopic (exact) mass is 268 g/mol. The maximum atomic E-state index is 12.2. The van der Waals surface area contributed by atoms with Crippen LogP contribution in [0.2, 0.25) is 0 Å². The number of nitrogens with one attached hydrogen (secondary N) is 1. The van der Waals surface area contributed by atoms with Gasteiger partial charge in [0.15, 0.2) is 0 Å². The van der Waals surface area contributed by atoms with Crippen LogP contribution in [-0.2, 0) is 11.2 Å². The number of benzene rings is 1. The molecular formula is C14H21ClN2O. The predicted octanol–water partition coefficient (Wildman–Crippen LogP) is 1.78. The number of rotatable bonds is 2. The van der Waals surface area contributed by atoms with Gasteiger partial charge >= 0.3 is 0 Å². The Labute approximate surface area is 115 Å². The van der Waals surface area contributed by atoms with Crippen LogP contribution in [0.3, 0.4) is 0 Å². The molecule has 0 aliphatic carbocycles. The van der Waals surface area contributed by atoms with Gasteiger partial charge in [-0.15, -0.1) is 12.4 Å². The summed E-state index contributed by atoms with van der Waals surface area (Å²) in [5, 5.41) is 3.35. The molecule has 0 spiro atoms. The largest absolute Gasteiger partial charge is 0.340 e. The Balaban J connectivity index is 0.00000162. The van der Waals surface area contributed by atoms with E-state index in [1.807, 2.05) is 23.1 Å². The van der Waals surface area contributed by atoms with E-state index in [-0.39, 0.29) is 18.3 Å². The molecule has 1 aromatic carbocycles. The number of carbonyl (C=O) groups is 1. The fourth-order valence-electron chi connectivity index (χ4n) is 2.24. The summed E-state index contributed by atoms with van der Waals surface area (Å²) in [4.78, 5) is 14.1. The number of halogens is 1. The van der Waals surface area contributed by atoms with E-state index in [0.29, 0.717) is 12.5 Å². The molecule has 1 N–H and O–H groups in total. The van der Waals surface area contributed by atoms with Crippen molar-refractivity contribution >= 4 is 18.3 Å². The number of amides is 1. The smallest absolute Gasteiger partial charge is 0.227 e. The molecule has 1 heterocycles. The molecule has 1 saturated heterocycles. The Bertz CT molecular complexity index is 409. The summed E-state index contributed by atoms with van der Waals surface area (Å²) in [6.07, 6.45) is 0.527. The molecule has 0 radical (unpaired) electrons. The molecule has 1 aliphatic heterocycles. The lowest BCUT2D eigenvalue weighted by atomic mass is 10.0. The minimum Gasteiger partial charge on any atom is -0.340 e. The number of hydrogen-bond donors (Lipinski definition) is 1. The van der Waals surface area contributed by atoms with Crippen molar-refractivity contribution in [2.24, 2.45) is 0 Å². The van der Waals surface area contributed by atoms with Gasteiger partial charge in [-0.25, -0.2) is 0 Å². The average molecular weight is 269 g/mol. The molecule has 18 heavy (non-hydrogen) atoms. The molecule has 0 aromatic heterocycles. The molecule has 0 saturated carbocycles. The lowest BCUT2D eigenvalue weighted by Gasteiger charge is -2.32. The minimum absolute atomic E-state index is 0. The Morgan fingerprint density at radius 1 is 1.44 bits per heavy atom. The number of aryl methyl sites for hydroxylation is 1. The van der Waals surface area contributed by atoms with Gasteiger partial charge in [0.05, 0.1) is 6.42 Å². The van der Waals surface area contributed by atoms with Gasteiger partial charge in [-0.2, -0.15) is 0 Å². The third kappa shape index (κ3) is 3.72. The average Bonchev–Trinajstić information content (AvgIpc) is 2.32. The summed E-state index contributed by atoms with van der Waals surface area (Å²) in [5.41, 5.74) is 2.34. The van der Waals surface area contributed by atoms with Crippen molar-refractivity contribution in [1.82, 2.24) is 10.2 Å². The molecule has 1 fully saturated rings. The minimum atomic E-state index is 0. The van der Waals surface area contributed by atoms with Crippen LogP contribution in [0, 0.1) is 6.92 Å². The third-order valence-electron chi connectivity index (χ3n) is 3.32. The molecule has 1 aromatic rings. The predicted molar refractivity (Wildman–Crippen MR) is 76.2 cm³/mol. The lowest BCUT2D eigenvalue weighted by Crippen LogP contribution is -2.51. The number of nitrogens with zero attached hydrogens (tertiary/aromatic N) is 1. The first-order chi connectivity index (χ1) is 8.16. The van der Waals surface area contributed by atoms with E-state index in [4.69, 9.17) is 0 Å². The quantitative estimate of drug-likeness (QED) is 0.887. The summed E-state index contributed by atoms with van der Waals surface area (Å²) >= 11 is 0. The van der Waals surface area contributed by atoms with Crippen LogP contribution in [-0.4, -0.2) is 36.5 Å². The highest BCUT2D eigenvalue weighted by molar-refractivity contribution is 5.85. The van der Waals surface area contributed by atoms with Gasteiger partial charge in [-0.3, -0.25) is 4.79 Å². The number of hydrogen-bond acceptors (Lipinski definition) is 2. The van der Waals surface area contributed by atoms with Gasteiger partial charge in [0.1, 0.15) is 0 Å². The Morgan fingerprint density at radius 2 is 2.17 bits per heavy atom. The van der Waals surface area contributed by atoms with Crippen molar-refractivity contribution in [1.29, 1.82) is 0 Å². The molecule has 0 unspecified atom stereocenters. The van der Waals surface area contributed by atoms with Crippen molar-refractivity contribution < 1.29 is 4.79 Å². The van der Waals surface area contributed by atoms with Crippen LogP contribution in [0.4, 0.5) is 0 Å². The second-order valence-corrected chi connectivity index (χ2v) is 4.80. The third-order valence-corrected chi connectivity index (χ3v) is 3.32.